The maximum atomic E-state index is 11.4. The molecule has 94 valence electrons. The van der Waals surface area contributed by atoms with E-state index in [0.717, 1.165) is 6.42 Å². The molecule has 0 rings (SSSR count). The topological polar surface area (TPSA) is 38.7 Å². The lowest BCUT2D eigenvalue weighted by molar-refractivity contribution is -0.135. The van der Waals surface area contributed by atoms with Gasteiger partial charge in [0.15, 0.2) is 0 Å². The predicted octanol–water partition coefficient (Wildman–Crippen LogP) is 3.23. The van der Waals surface area contributed by atoms with E-state index in [-0.39, 0.29) is 16.6 Å². The number of hydrogen-bond acceptors (Lipinski definition) is 3. The highest BCUT2D eigenvalue weighted by Crippen LogP contribution is 2.23. The number of carbonyl (C=O) groups is 1. The van der Waals surface area contributed by atoms with Gasteiger partial charge in [-0.05, 0) is 11.8 Å². The second kappa shape index (κ2) is 7.13. The third-order valence-electron chi connectivity index (χ3n) is 2.02. The number of esters is 1. The van der Waals surface area contributed by atoms with Gasteiger partial charge in [-0.1, -0.05) is 39.3 Å². The fraction of sp³-hybridized carbons (Fsp3) is 0.818. The molecule has 0 saturated carbocycles. The van der Waals surface area contributed by atoms with Crippen LogP contribution in [0.25, 0.3) is 0 Å². The van der Waals surface area contributed by atoms with Gasteiger partial charge >= 0.3 is 5.97 Å². The standard InChI is InChI=1S/C11H19Cl2NO2/c1-5-6-16-10(15)9(13)14-8(7-12)11(2,3)4/h8H,5-7H2,1-4H3/b14-9-/t8-/m1/s1. The average Bonchev–Trinajstić information content (AvgIpc) is 2.20. The van der Waals surface area contributed by atoms with Crippen LogP contribution in [-0.2, 0) is 9.53 Å². The first-order valence-electron chi connectivity index (χ1n) is 5.29. The first-order valence-corrected chi connectivity index (χ1v) is 6.20. The highest BCUT2D eigenvalue weighted by atomic mass is 35.5. The van der Waals surface area contributed by atoms with Crippen LogP contribution in [-0.4, -0.2) is 29.7 Å². The molecule has 0 aliphatic carbocycles. The average molecular weight is 268 g/mol. The van der Waals surface area contributed by atoms with Crippen LogP contribution < -0.4 is 0 Å². The van der Waals surface area contributed by atoms with E-state index in [1.807, 2.05) is 27.7 Å². The summed E-state index contributed by atoms with van der Waals surface area (Å²) in [4.78, 5) is 15.4. The molecule has 0 heterocycles. The first kappa shape index (κ1) is 15.7. The van der Waals surface area contributed by atoms with Crippen molar-refractivity contribution in [1.82, 2.24) is 0 Å². The van der Waals surface area contributed by atoms with Crippen molar-refractivity contribution in [3.63, 3.8) is 0 Å². The normalized spacial score (nSPS) is 14.8. The second-order valence-corrected chi connectivity index (χ2v) is 5.26. The molecule has 0 saturated heterocycles. The van der Waals surface area contributed by atoms with Gasteiger partial charge in [-0.25, -0.2) is 4.79 Å². The Hall–Kier alpha value is -0.280. The molecular weight excluding hydrogens is 249 g/mol. The van der Waals surface area contributed by atoms with Crippen molar-refractivity contribution >= 4 is 34.3 Å². The largest absolute Gasteiger partial charge is 0.460 e. The Morgan fingerprint density at radius 1 is 1.44 bits per heavy atom. The van der Waals surface area contributed by atoms with Crippen molar-refractivity contribution in [3.8, 4) is 0 Å². The molecule has 0 aromatic rings. The van der Waals surface area contributed by atoms with Crippen molar-refractivity contribution < 1.29 is 9.53 Å². The van der Waals surface area contributed by atoms with Gasteiger partial charge in [-0.15, -0.1) is 11.6 Å². The number of rotatable bonds is 5. The van der Waals surface area contributed by atoms with E-state index in [2.05, 4.69) is 4.99 Å². The number of ether oxygens (including phenoxy) is 1. The maximum absolute atomic E-state index is 11.4. The summed E-state index contributed by atoms with van der Waals surface area (Å²) in [5.74, 6) is -0.260. The molecule has 5 heteroatoms. The SMILES string of the molecule is CCCOC(=O)/C(Cl)=N/[C@H](CCl)C(C)(C)C. The third-order valence-corrected chi connectivity index (χ3v) is 2.56. The zero-order valence-corrected chi connectivity index (χ0v) is 11.7. The third kappa shape index (κ3) is 5.71. The van der Waals surface area contributed by atoms with Gasteiger partial charge in [0.1, 0.15) is 0 Å². The van der Waals surface area contributed by atoms with Gasteiger partial charge in [0.05, 0.1) is 12.6 Å². The maximum Gasteiger partial charge on any atom is 0.368 e. The van der Waals surface area contributed by atoms with Crippen LogP contribution in [0.4, 0.5) is 0 Å². The van der Waals surface area contributed by atoms with Crippen molar-refractivity contribution in [2.45, 2.75) is 40.2 Å². The minimum atomic E-state index is -0.581. The minimum absolute atomic E-state index is 0.131. The zero-order valence-electron chi connectivity index (χ0n) is 10.2. The second-order valence-electron chi connectivity index (χ2n) is 4.59. The van der Waals surface area contributed by atoms with E-state index in [1.54, 1.807) is 0 Å². The molecular formula is C11H19Cl2NO2. The van der Waals surface area contributed by atoms with Crippen molar-refractivity contribution in [1.29, 1.82) is 0 Å². The Labute approximate surface area is 107 Å². The van der Waals surface area contributed by atoms with E-state index < -0.39 is 5.97 Å². The highest BCUT2D eigenvalue weighted by Gasteiger charge is 2.25. The Morgan fingerprint density at radius 3 is 2.38 bits per heavy atom. The van der Waals surface area contributed by atoms with Crippen molar-refractivity contribution in [3.05, 3.63) is 0 Å². The number of carbonyl (C=O) groups excluding carboxylic acids is 1. The van der Waals surface area contributed by atoms with Gasteiger partial charge in [0.2, 0.25) is 5.17 Å². The Kier molecular flexibility index (Phi) is 7.00. The first-order chi connectivity index (χ1) is 7.32. The van der Waals surface area contributed by atoms with Gasteiger partial charge < -0.3 is 4.74 Å². The minimum Gasteiger partial charge on any atom is -0.460 e. The number of nitrogens with zero attached hydrogens (tertiary/aromatic N) is 1. The van der Waals surface area contributed by atoms with Crippen LogP contribution in [0.2, 0.25) is 0 Å². The predicted molar refractivity (Wildman–Crippen MR) is 68.5 cm³/mol. The molecule has 0 fully saturated rings. The van der Waals surface area contributed by atoms with Crippen LogP contribution in [0.5, 0.6) is 0 Å². The highest BCUT2D eigenvalue weighted by molar-refractivity contribution is 6.82. The summed E-state index contributed by atoms with van der Waals surface area (Å²) in [6.45, 7) is 8.24. The molecule has 1 atom stereocenters. The summed E-state index contributed by atoms with van der Waals surface area (Å²) in [7, 11) is 0. The summed E-state index contributed by atoms with van der Waals surface area (Å²) in [5.41, 5.74) is -0.132. The lowest BCUT2D eigenvalue weighted by Crippen LogP contribution is -2.28. The van der Waals surface area contributed by atoms with Crippen molar-refractivity contribution in [2.75, 3.05) is 12.5 Å². The molecule has 0 amide bonds. The number of alkyl halides is 1. The number of hydrogen-bond donors (Lipinski definition) is 0. The van der Waals surface area contributed by atoms with E-state index in [9.17, 15) is 4.79 Å². The fourth-order valence-electron chi connectivity index (χ4n) is 0.903. The molecule has 0 unspecified atom stereocenters. The van der Waals surface area contributed by atoms with E-state index in [0.29, 0.717) is 12.5 Å². The molecule has 0 radical (unpaired) electrons. The van der Waals surface area contributed by atoms with Gasteiger partial charge in [0, 0.05) is 5.88 Å². The summed E-state index contributed by atoms with van der Waals surface area (Å²) in [6.07, 6.45) is 0.758. The molecule has 0 bridgehead atoms. The summed E-state index contributed by atoms with van der Waals surface area (Å²) < 4.78 is 4.87. The van der Waals surface area contributed by atoms with Gasteiger partial charge in [-0.2, -0.15) is 0 Å². The van der Waals surface area contributed by atoms with Crippen LogP contribution in [0.3, 0.4) is 0 Å². The molecule has 16 heavy (non-hydrogen) atoms. The van der Waals surface area contributed by atoms with E-state index in [1.165, 1.54) is 0 Å². The monoisotopic (exact) mass is 267 g/mol. The summed E-state index contributed by atoms with van der Waals surface area (Å²) in [5, 5.41) is -0.131. The van der Waals surface area contributed by atoms with Crippen LogP contribution in [0, 0.1) is 5.41 Å². The van der Waals surface area contributed by atoms with Gasteiger partial charge in [0.25, 0.3) is 0 Å². The van der Waals surface area contributed by atoms with Crippen molar-refractivity contribution in [2.24, 2.45) is 10.4 Å². The Morgan fingerprint density at radius 2 is 2.00 bits per heavy atom. The number of aliphatic imine (C=N–C) groups is 1. The lowest BCUT2D eigenvalue weighted by Gasteiger charge is -2.25. The summed E-state index contributed by atoms with van der Waals surface area (Å²) >= 11 is 11.6. The van der Waals surface area contributed by atoms with E-state index >= 15 is 0 Å². The van der Waals surface area contributed by atoms with Crippen LogP contribution >= 0.6 is 23.2 Å². The smallest absolute Gasteiger partial charge is 0.368 e. The van der Waals surface area contributed by atoms with Crippen LogP contribution in [0.15, 0.2) is 4.99 Å². The Bertz CT molecular complexity index is 259. The molecule has 0 N–H and O–H groups in total. The molecule has 0 aromatic carbocycles. The quantitative estimate of drug-likeness (QED) is 0.436. The zero-order chi connectivity index (χ0) is 12.8. The lowest BCUT2D eigenvalue weighted by atomic mass is 9.88. The molecule has 3 nitrogen and oxygen atoms in total. The van der Waals surface area contributed by atoms with Gasteiger partial charge in [-0.3, -0.25) is 4.99 Å². The summed E-state index contributed by atoms with van der Waals surface area (Å²) in [6, 6.07) is -0.198. The molecule has 0 aliphatic heterocycles. The Balaban J connectivity index is 4.55. The molecule has 0 aromatic heterocycles. The van der Waals surface area contributed by atoms with E-state index in [4.69, 9.17) is 27.9 Å². The molecule has 0 spiro atoms. The number of halogens is 2. The fourth-order valence-corrected chi connectivity index (χ4v) is 1.61. The van der Waals surface area contributed by atoms with Crippen LogP contribution in [0.1, 0.15) is 34.1 Å². The molecule has 0 aliphatic rings.